The summed E-state index contributed by atoms with van der Waals surface area (Å²) in [5.41, 5.74) is 1.94. The van der Waals surface area contributed by atoms with Gasteiger partial charge >= 0.3 is 0 Å². The minimum absolute atomic E-state index is 0.506. The fraction of sp³-hybridized carbons (Fsp3) is 0.120. The maximum absolute atomic E-state index is 6.40. The van der Waals surface area contributed by atoms with Crippen molar-refractivity contribution < 1.29 is 14.2 Å². The molecular weight excluding hydrogens is 444 g/mol. The minimum atomic E-state index is 0.506. The smallest absolute Gasteiger partial charge is 0.231 e. The molecule has 0 aliphatic carbocycles. The van der Waals surface area contributed by atoms with Gasteiger partial charge in [0.15, 0.2) is 11.5 Å². The van der Waals surface area contributed by atoms with E-state index in [1.54, 1.807) is 25.6 Å². The number of fused-ring (bicyclic) bond motifs is 2. The van der Waals surface area contributed by atoms with E-state index in [2.05, 4.69) is 15.3 Å². The summed E-state index contributed by atoms with van der Waals surface area (Å²) in [6.45, 7) is 1.86. The van der Waals surface area contributed by atoms with Crippen LogP contribution in [0.5, 0.6) is 23.1 Å². The Morgan fingerprint density at radius 2 is 1.59 bits per heavy atom. The van der Waals surface area contributed by atoms with Gasteiger partial charge in [-0.05, 0) is 36.8 Å². The van der Waals surface area contributed by atoms with Gasteiger partial charge < -0.3 is 14.2 Å². The second kappa shape index (κ2) is 8.30. The molecule has 32 heavy (non-hydrogen) atoms. The molecule has 0 spiro atoms. The van der Waals surface area contributed by atoms with Crippen LogP contribution in [0.3, 0.4) is 0 Å². The molecule has 0 bridgehead atoms. The molecule has 5 nitrogen and oxygen atoms in total. The minimum Gasteiger partial charge on any atom is -0.493 e. The molecule has 0 saturated heterocycles. The molecule has 0 radical (unpaired) electrons. The molecule has 5 aromatic rings. The number of aromatic nitrogens is 2. The van der Waals surface area contributed by atoms with Crippen molar-refractivity contribution in [3.8, 4) is 34.3 Å². The van der Waals surface area contributed by atoms with Crippen LogP contribution in [0.15, 0.2) is 60.0 Å². The number of methoxy groups -OCH3 is 2. The van der Waals surface area contributed by atoms with Crippen LogP contribution >= 0.6 is 22.9 Å². The highest BCUT2D eigenvalue weighted by molar-refractivity contribution is 7.17. The van der Waals surface area contributed by atoms with Crippen molar-refractivity contribution in [1.82, 2.24) is 9.97 Å². The van der Waals surface area contributed by atoms with Gasteiger partial charge in [0.2, 0.25) is 5.88 Å². The molecule has 5 rings (SSSR count). The molecule has 0 N–H and O–H groups in total. The maximum atomic E-state index is 6.40. The summed E-state index contributed by atoms with van der Waals surface area (Å²) >= 11 is 7.94. The Balaban J connectivity index is 1.69. The molecule has 160 valence electrons. The summed E-state index contributed by atoms with van der Waals surface area (Å²) < 4.78 is 17.3. The second-order valence-electron chi connectivity index (χ2n) is 7.17. The Morgan fingerprint density at radius 1 is 0.844 bits per heavy atom. The number of nitrogens with zero attached hydrogens (tertiary/aromatic N) is 2. The Kier molecular flexibility index (Phi) is 5.33. The first-order valence-electron chi connectivity index (χ1n) is 9.92. The van der Waals surface area contributed by atoms with Gasteiger partial charge in [-0.15, -0.1) is 11.3 Å². The highest BCUT2D eigenvalue weighted by atomic mass is 35.5. The normalized spacial score (nSPS) is 11.1. The van der Waals surface area contributed by atoms with Crippen molar-refractivity contribution in [2.24, 2.45) is 0 Å². The monoisotopic (exact) mass is 462 g/mol. The van der Waals surface area contributed by atoms with Gasteiger partial charge in [0.05, 0.1) is 19.6 Å². The van der Waals surface area contributed by atoms with Crippen LogP contribution in [0.4, 0.5) is 0 Å². The van der Waals surface area contributed by atoms with Gasteiger partial charge in [0.25, 0.3) is 0 Å². The van der Waals surface area contributed by atoms with Crippen LogP contribution in [0.25, 0.3) is 32.1 Å². The molecule has 0 unspecified atom stereocenters. The summed E-state index contributed by atoms with van der Waals surface area (Å²) in [6, 6.07) is 17.4. The van der Waals surface area contributed by atoms with E-state index in [0.717, 1.165) is 32.1 Å². The van der Waals surface area contributed by atoms with Gasteiger partial charge in [-0.1, -0.05) is 41.9 Å². The third kappa shape index (κ3) is 3.51. The van der Waals surface area contributed by atoms with E-state index in [4.69, 9.17) is 25.8 Å². The zero-order valence-electron chi connectivity index (χ0n) is 17.7. The number of thiophene rings is 1. The first kappa shape index (κ1) is 20.5. The van der Waals surface area contributed by atoms with Crippen LogP contribution in [-0.4, -0.2) is 24.2 Å². The van der Waals surface area contributed by atoms with Crippen LogP contribution in [-0.2, 0) is 0 Å². The van der Waals surface area contributed by atoms with Crippen molar-refractivity contribution in [1.29, 1.82) is 0 Å². The summed E-state index contributed by atoms with van der Waals surface area (Å²) in [5.74, 6) is 3.17. The molecule has 0 amide bonds. The molecule has 0 fully saturated rings. The fourth-order valence-electron chi connectivity index (χ4n) is 3.73. The summed E-state index contributed by atoms with van der Waals surface area (Å²) in [7, 11) is 3.25. The molecule has 3 aromatic carbocycles. The molecule has 2 heterocycles. The number of rotatable bonds is 5. The molecule has 0 atom stereocenters. The first-order valence-corrected chi connectivity index (χ1v) is 11.2. The standard InChI is InChI=1S/C25H19ClN2O3S/c1-14-27-24(31-20-11-9-19(26)16-6-4-5-7-17(16)20)23-18(13-32-25(23)28-14)15-8-10-21(29-2)22(12-15)30-3/h4-13H,1-3H3. The van der Waals surface area contributed by atoms with Gasteiger partial charge in [0.1, 0.15) is 16.4 Å². The second-order valence-corrected chi connectivity index (χ2v) is 8.43. The molecule has 0 aliphatic heterocycles. The van der Waals surface area contributed by atoms with E-state index in [9.17, 15) is 0 Å². The van der Waals surface area contributed by atoms with Crippen molar-refractivity contribution in [3.63, 3.8) is 0 Å². The quantitative estimate of drug-likeness (QED) is 0.274. The largest absolute Gasteiger partial charge is 0.493 e. The summed E-state index contributed by atoms with van der Waals surface area (Å²) in [5, 5.41) is 5.45. The number of hydrogen-bond donors (Lipinski definition) is 0. The third-order valence-corrected chi connectivity index (χ3v) is 6.45. The summed E-state index contributed by atoms with van der Waals surface area (Å²) in [4.78, 5) is 10.1. The Labute approximate surface area is 194 Å². The average molecular weight is 463 g/mol. The van der Waals surface area contributed by atoms with E-state index >= 15 is 0 Å². The lowest BCUT2D eigenvalue weighted by atomic mass is 10.1. The van der Waals surface area contributed by atoms with Crippen molar-refractivity contribution in [2.45, 2.75) is 6.92 Å². The van der Waals surface area contributed by atoms with E-state index in [0.29, 0.717) is 34.0 Å². The van der Waals surface area contributed by atoms with Gasteiger partial charge in [0, 0.05) is 26.7 Å². The van der Waals surface area contributed by atoms with Crippen LogP contribution in [0, 0.1) is 6.92 Å². The number of ether oxygens (including phenoxy) is 3. The molecule has 2 aromatic heterocycles. The lowest BCUT2D eigenvalue weighted by Crippen LogP contribution is -1.95. The maximum Gasteiger partial charge on any atom is 0.231 e. The molecular formula is C25H19ClN2O3S. The van der Waals surface area contributed by atoms with E-state index < -0.39 is 0 Å². The van der Waals surface area contributed by atoms with E-state index in [1.807, 2.05) is 61.5 Å². The van der Waals surface area contributed by atoms with Crippen LogP contribution in [0.1, 0.15) is 5.82 Å². The van der Waals surface area contributed by atoms with Crippen LogP contribution < -0.4 is 14.2 Å². The number of halogens is 1. The number of hydrogen-bond acceptors (Lipinski definition) is 6. The van der Waals surface area contributed by atoms with Crippen LogP contribution in [0.2, 0.25) is 5.02 Å². The number of benzene rings is 3. The zero-order chi connectivity index (χ0) is 22.2. The van der Waals surface area contributed by atoms with E-state index in [-0.39, 0.29) is 0 Å². The van der Waals surface area contributed by atoms with Gasteiger partial charge in [-0.2, -0.15) is 4.98 Å². The Morgan fingerprint density at radius 3 is 2.38 bits per heavy atom. The van der Waals surface area contributed by atoms with Crippen molar-refractivity contribution >= 4 is 43.9 Å². The average Bonchev–Trinajstić information content (AvgIpc) is 3.24. The van der Waals surface area contributed by atoms with Crippen molar-refractivity contribution in [3.05, 3.63) is 70.8 Å². The highest BCUT2D eigenvalue weighted by Gasteiger charge is 2.18. The van der Waals surface area contributed by atoms with Crippen molar-refractivity contribution in [2.75, 3.05) is 14.2 Å². The Hall–Kier alpha value is -3.35. The molecule has 0 aliphatic rings. The molecule has 7 heteroatoms. The first-order chi connectivity index (χ1) is 15.6. The summed E-state index contributed by atoms with van der Waals surface area (Å²) in [6.07, 6.45) is 0. The lowest BCUT2D eigenvalue weighted by molar-refractivity contribution is 0.355. The SMILES string of the molecule is COc1ccc(-c2csc3nc(C)nc(Oc4ccc(Cl)c5ccccc45)c23)cc1OC. The van der Waals surface area contributed by atoms with Gasteiger partial charge in [-0.25, -0.2) is 4.98 Å². The van der Waals surface area contributed by atoms with Gasteiger partial charge in [-0.3, -0.25) is 0 Å². The molecule has 0 saturated carbocycles. The topological polar surface area (TPSA) is 53.5 Å². The fourth-order valence-corrected chi connectivity index (χ4v) is 4.94. The number of aryl methyl sites for hydroxylation is 1. The predicted octanol–water partition coefficient (Wildman–Crippen LogP) is 7.28. The lowest BCUT2D eigenvalue weighted by Gasteiger charge is -2.12. The zero-order valence-corrected chi connectivity index (χ0v) is 19.3. The highest BCUT2D eigenvalue weighted by Crippen LogP contribution is 2.43. The van der Waals surface area contributed by atoms with E-state index in [1.165, 1.54) is 0 Å². The predicted molar refractivity (Wildman–Crippen MR) is 130 cm³/mol. The Bertz CT molecular complexity index is 1470. The third-order valence-electron chi connectivity index (χ3n) is 5.24.